The molecule has 10 heteroatoms. The third-order valence-electron chi connectivity index (χ3n) is 5.91. The molecule has 2 heterocycles. The molecule has 0 spiro atoms. The number of carbonyl (C=O) groups excluding carboxylic acids is 1. The average Bonchev–Trinajstić information content (AvgIpc) is 3.37. The van der Waals surface area contributed by atoms with Crippen LogP contribution in [0.5, 0.6) is 11.5 Å². The van der Waals surface area contributed by atoms with Gasteiger partial charge in [-0.15, -0.1) is 0 Å². The minimum absolute atomic E-state index is 0.279. The molecule has 0 bridgehead atoms. The Hall–Kier alpha value is -4.18. The first kappa shape index (κ1) is 24.5. The smallest absolute Gasteiger partial charge is 0.255 e. The third kappa shape index (κ3) is 5.34. The number of benzene rings is 3. The number of rotatable bonds is 8. The highest BCUT2D eigenvalue weighted by atomic mass is 79.9. The topological polar surface area (TPSA) is 103 Å². The van der Waals surface area contributed by atoms with Crippen LogP contribution < -0.4 is 20.1 Å². The van der Waals surface area contributed by atoms with Crippen LogP contribution in [0.15, 0.2) is 88.5 Å². The minimum Gasteiger partial charge on any atom is -0.492 e. The molecule has 4 aromatic rings. The van der Waals surface area contributed by atoms with E-state index in [1.54, 1.807) is 4.68 Å². The number of aromatic nitrogens is 4. The second-order valence-corrected chi connectivity index (χ2v) is 9.30. The molecule has 0 saturated carbocycles. The van der Waals surface area contributed by atoms with Crippen molar-refractivity contribution >= 4 is 33.5 Å². The van der Waals surface area contributed by atoms with E-state index < -0.39 is 6.04 Å². The number of nitrogens with zero attached hydrogens (tertiary/aromatic N) is 4. The lowest BCUT2D eigenvalue weighted by atomic mass is 9.95. The van der Waals surface area contributed by atoms with Gasteiger partial charge in [0.05, 0.1) is 17.9 Å². The molecule has 0 saturated heterocycles. The number of allylic oxidation sites excluding steroid dienone is 1. The molecule has 1 aliphatic rings. The van der Waals surface area contributed by atoms with Crippen LogP contribution in [-0.4, -0.2) is 32.7 Å². The number of hydrogen-bond acceptors (Lipinski definition) is 7. The Bertz CT molecular complexity index is 1430. The fourth-order valence-electron chi connectivity index (χ4n) is 4.15. The van der Waals surface area contributed by atoms with Crippen LogP contribution in [0.1, 0.15) is 31.0 Å². The van der Waals surface area contributed by atoms with E-state index in [9.17, 15) is 4.79 Å². The van der Waals surface area contributed by atoms with Crippen LogP contribution in [0.25, 0.3) is 0 Å². The molecule has 37 heavy (non-hydrogen) atoms. The van der Waals surface area contributed by atoms with Gasteiger partial charge < -0.3 is 20.1 Å². The Morgan fingerprint density at radius 2 is 1.81 bits per heavy atom. The number of fused-ring (bicyclic) bond motifs is 1. The standard InChI is InChI=1S/C27H25BrN6O3/c1-3-36-23-7-5-4-6-22(23)30-26(35)24-17(2)29-27-31-32-33-34(27)25(24)19-10-14-21(15-11-19)37-16-18-8-12-20(28)13-9-18/h4-15,25H,3,16H2,1-2H3,(H,30,35)(H,29,31,33). The summed E-state index contributed by atoms with van der Waals surface area (Å²) >= 11 is 3.44. The zero-order valence-electron chi connectivity index (χ0n) is 20.3. The summed E-state index contributed by atoms with van der Waals surface area (Å²) in [6.45, 7) is 4.67. The molecule has 1 atom stereocenters. The molecule has 3 aromatic carbocycles. The highest BCUT2D eigenvalue weighted by Crippen LogP contribution is 2.36. The van der Waals surface area contributed by atoms with Crippen molar-refractivity contribution in [1.82, 2.24) is 20.2 Å². The van der Waals surface area contributed by atoms with Crippen molar-refractivity contribution in [2.45, 2.75) is 26.5 Å². The van der Waals surface area contributed by atoms with E-state index in [0.717, 1.165) is 21.3 Å². The van der Waals surface area contributed by atoms with Crippen molar-refractivity contribution < 1.29 is 14.3 Å². The number of carbonyl (C=O) groups is 1. The van der Waals surface area contributed by atoms with Gasteiger partial charge >= 0.3 is 0 Å². The van der Waals surface area contributed by atoms with Gasteiger partial charge in [-0.3, -0.25) is 4.79 Å². The first-order valence-electron chi connectivity index (χ1n) is 11.8. The van der Waals surface area contributed by atoms with E-state index in [0.29, 0.717) is 41.9 Å². The van der Waals surface area contributed by atoms with E-state index in [1.165, 1.54) is 0 Å². The monoisotopic (exact) mass is 560 g/mol. The molecule has 2 N–H and O–H groups in total. The number of hydrogen-bond donors (Lipinski definition) is 2. The molecular weight excluding hydrogens is 536 g/mol. The zero-order valence-corrected chi connectivity index (χ0v) is 21.9. The van der Waals surface area contributed by atoms with Crippen molar-refractivity contribution in [1.29, 1.82) is 0 Å². The molecule has 1 amide bonds. The van der Waals surface area contributed by atoms with Gasteiger partial charge in [0.15, 0.2) is 0 Å². The van der Waals surface area contributed by atoms with Gasteiger partial charge in [0, 0.05) is 10.2 Å². The van der Waals surface area contributed by atoms with E-state index in [4.69, 9.17) is 9.47 Å². The molecule has 0 radical (unpaired) electrons. The lowest BCUT2D eigenvalue weighted by Gasteiger charge is -2.28. The van der Waals surface area contributed by atoms with E-state index in [1.807, 2.05) is 86.6 Å². The normalized spacial score (nSPS) is 14.5. The van der Waals surface area contributed by atoms with Crippen molar-refractivity contribution in [3.8, 4) is 11.5 Å². The summed E-state index contributed by atoms with van der Waals surface area (Å²) in [6.07, 6.45) is 0. The summed E-state index contributed by atoms with van der Waals surface area (Å²) in [7, 11) is 0. The number of tetrazole rings is 1. The Morgan fingerprint density at radius 1 is 1.05 bits per heavy atom. The van der Waals surface area contributed by atoms with Crippen molar-refractivity contribution in [2.75, 3.05) is 17.2 Å². The summed E-state index contributed by atoms with van der Waals surface area (Å²) in [6, 6.07) is 22.4. The van der Waals surface area contributed by atoms with Gasteiger partial charge in [0.1, 0.15) is 24.1 Å². The predicted molar refractivity (Wildman–Crippen MR) is 143 cm³/mol. The summed E-state index contributed by atoms with van der Waals surface area (Å²) in [4.78, 5) is 13.6. The maximum Gasteiger partial charge on any atom is 0.255 e. The SMILES string of the molecule is CCOc1ccccc1NC(=O)C1=C(C)Nc2nnnn2C1c1ccc(OCc2ccc(Br)cc2)cc1. The van der Waals surface area contributed by atoms with Gasteiger partial charge in [-0.05, 0) is 71.8 Å². The Morgan fingerprint density at radius 3 is 2.57 bits per heavy atom. The van der Waals surface area contributed by atoms with Gasteiger partial charge in [-0.25, -0.2) is 0 Å². The number of anilines is 2. The molecular formula is C27H25BrN6O3. The third-order valence-corrected chi connectivity index (χ3v) is 6.44. The lowest BCUT2D eigenvalue weighted by Crippen LogP contribution is -2.31. The van der Waals surface area contributed by atoms with Crippen molar-refractivity contribution in [3.63, 3.8) is 0 Å². The average molecular weight is 561 g/mol. The fraction of sp³-hybridized carbons (Fsp3) is 0.185. The number of para-hydroxylation sites is 2. The van der Waals surface area contributed by atoms with Gasteiger partial charge in [-0.1, -0.05) is 57.4 Å². The van der Waals surface area contributed by atoms with Crippen LogP contribution >= 0.6 is 15.9 Å². The summed E-state index contributed by atoms with van der Waals surface area (Å²) < 4.78 is 14.3. The van der Waals surface area contributed by atoms with Gasteiger partial charge in [0.2, 0.25) is 5.95 Å². The Kier molecular flexibility index (Phi) is 7.18. The second kappa shape index (κ2) is 10.8. The van der Waals surface area contributed by atoms with Crippen LogP contribution in [0.3, 0.4) is 0 Å². The zero-order chi connectivity index (χ0) is 25.8. The molecule has 188 valence electrons. The molecule has 1 aromatic heterocycles. The maximum atomic E-state index is 13.6. The molecule has 0 fully saturated rings. The largest absolute Gasteiger partial charge is 0.492 e. The number of nitrogens with one attached hydrogen (secondary N) is 2. The molecule has 1 aliphatic heterocycles. The summed E-state index contributed by atoms with van der Waals surface area (Å²) in [5.74, 6) is 1.50. The van der Waals surface area contributed by atoms with Crippen molar-refractivity contribution in [3.05, 3.63) is 99.7 Å². The van der Waals surface area contributed by atoms with Crippen LogP contribution in [0.2, 0.25) is 0 Å². The van der Waals surface area contributed by atoms with Gasteiger partial charge in [0.25, 0.3) is 5.91 Å². The van der Waals surface area contributed by atoms with Crippen LogP contribution in [0, 0.1) is 0 Å². The van der Waals surface area contributed by atoms with E-state index in [-0.39, 0.29) is 5.91 Å². The highest BCUT2D eigenvalue weighted by Gasteiger charge is 2.34. The first-order chi connectivity index (χ1) is 18.0. The van der Waals surface area contributed by atoms with E-state index >= 15 is 0 Å². The second-order valence-electron chi connectivity index (χ2n) is 8.38. The Balaban J connectivity index is 1.41. The van der Waals surface area contributed by atoms with E-state index in [2.05, 4.69) is 42.1 Å². The predicted octanol–water partition coefficient (Wildman–Crippen LogP) is 5.34. The number of halogens is 1. The maximum absolute atomic E-state index is 13.6. The highest BCUT2D eigenvalue weighted by molar-refractivity contribution is 9.10. The fourth-order valence-corrected chi connectivity index (χ4v) is 4.41. The number of amides is 1. The Labute approximate surface area is 222 Å². The van der Waals surface area contributed by atoms with Crippen LogP contribution in [-0.2, 0) is 11.4 Å². The lowest BCUT2D eigenvalue weighted by molar-refractivity contribution is -0.113. The minimum atomic E-state index is -0.536. The summed E-state index contributed by atoms with van der Waals surface area (Å²) in [5.41, 5.74) is 3.65. The molecule has 1 unspecified atom stereocenters. The molecule has 9 nitrogen and oxygen atoms in total. The van der Waals surface area contributed by atoms with Crippen molar-refractivity contribution in [2.24, 2.45) is 0 Å². The molecule has 0 aliphatic carbocycles. The van der Waals surface area contributed by atoms with Crippen LogP contribution in [0.4, 0.5) is 11.6 Å². The number of ether oxygens (including phenoxy) is 2. The molecule has 5 rings (SSSR count). The van der Waals surface area contributed by atoms with Gasteiger partial charge in [-0.2, -0.15) is 4.68 Å². The summed E-state index contributed by atoms with van der Waals surface area (Å²) in [5, 5.41) is 18.2. The first-order valence-corrected chi connectivity index (χ1v) is 12.6. The quantitative estimate of drug-likeness (QED) is 0.299.